The molecule has 2 amide bonds. The molecule has 0 spiro atoms. The highest BCUT2D eigenvalue weighted by molar-refractivity contribution is 7.99. The van der Waals surface area contributed by atoms with Gasteiger partial charge in [0.1, 0.15) is 0 Å². The van der Waals surface area contributed by atoms with E-state index < -0.39 is 0 Å². The fourth-order valence-corrected chi connectivity index (χ4v) is 5.38. The average molecular weight is 418 g/mol. The molecule has 0 radical (unpaired) electrons. The highest BCUT2D eigenvalue weighted by Crippen LogP contribution is 2.27. The molecule has 0 aliphatic carbocycles. The maximum atomic E-state index is 13.1. The Kier molecular flexibility index (Phi) is 7.11. The van der Waals surface area contributed by atoms with Crippen molar-refractivity contribution in [2.24, 2.45) is 0 Å². The van der Waals surface area contributed by atoms with Crippen LogP contribution in [-0.2, 0) is 9.53 Å². The van der Waals surface area contributed by atoms with Crippen LogP contribution in [0, 0.1) is 0 Å². The van der Waals surface area contributed by atoms with Crippen molar-refractivity contribution in [3.63, 3.8) is 0 Å². The van der Waals surface area contributed by atoms with Gasteiger partial charge < -0.3 is 14.5 Å². The van der Waals surface area contributed by atoms with Crippen LogP contribution in [0.2, 0.25) is 0 Å². The van der Waals surface area contributed by atoms with E-state index in [1.54, 1.807) is 11.8 Å². The molecule has 0 bridgehead atoms. The van der Waals surface area contributed by atoms with Gasteiger partial charge in [-0.3, -0.25) is 14.5 Å². The molecule has 29 heavy (non-hydrogen) atoms. The number of nitrogens with zero attached hydrogens (tertiary/aromatic N) is 3. The number of thioether (sulfide) groups is 1. The average Bonchev–Trinajstić information content (AvgIpc) is 3.47. The first-order valence-electron chi connectivity index (χ1n) is 10.8. The number of hydrogen-bond donors (Lipinski definition) is 0. The molecule has 1 aromatic rings. The second-order valence-electron chi connectivity index (χ2n) is 8.10. The molecule has 1 atom stereocenters. The van der Waals surface area contributed by atoms with Crippen LogP contribution in [0.4, 0.5) is 0 Å². The Hall–Kier alpha value is -1.57. The minimum Gasteiger partial charge on any atom is -0.377 e. The zero-order valence-electron chi connectivity index (χ0n) is 17.1. The molecule has 1 unspecified atom stereocenters. The monoisotopic (exact) mass is 417 g/mol. The Morgan fingerprint density at radius 2 is 1.72 bits per heavy atom. The summed E-state index contributed by atoms with van der Waals surface area (Å²) in [5.74, 6) is 1.24. The molecule has 0 aromatic heterocycles. The van der Waals surface area contributed by atoms with E-state index in [0.29, 0.717) is 25.7 Å². The highest BCUT2D eigenvalue weighted by atomic mass is 32.2. The van der Waals surface area contributed by atoms with Crippen LogP contribution < -0.4 is 0 Å². The first-order chi connectivity index (χ1) is 14.2. The van der Waals surface area contributed by atoms with Crippen molar-refractivity contribution in [1.29, 1.82) is 0 Å². The molecule has 3 fully saturated rings. The van der Waals surface area contributed by atoms with Gasteiger partial charge in [-0.2, -0.15) is 0 Å². The van der Waals surface area contributed by atoms with Crippen LogP contribution in [-0.4, -0.2) is 90.8 Å². The number of rotatable bonds is 6. The number of carbonyl (C=O) groups excluding carboxylic acids is 2. The molecule has 0 N–H and O–H groups in total. The van der Waals surface area contributed by atoms with E-state index in [1.807, 2.05) is 34.1 Å². The van der Waals surface area contributed by atoms with Crippen molar-refractivity contribution >= 4 is 23.6 Å². The molecule has 4 rings (SSSR count). The second kappa shape index (κ2) is 9.96. The van der Waals surface area contributed by atoms with Gasteiger partial charge in [0.2, 0.25) is 5.91 Å². The molecule has 158 valence electrons. The third-order valence-corrected chi connectivity index (χ3v) is 7.25. The molecule has 3 saturated heterocycles. The lowest BCUT2D eigenvalue weighted by Gasteiger charge is -2.35. The summed E-state index contributed by atoms with van der Waals surface area (Å²) in [6.07, 6.45) is 4.80. The number of piperazine rings is 1. The molecular formula is C22H31N3O3S. The van der Waals surface area contributed by atoms with Gasteiger partial charge in [-0.15, -0.1) is 11.8 Å². The number of benzene rings is 1. The summed E-state index contributed by atoms with van der Waals surface area (Å²) in [5.41, 5.74) is 0.789. The van der Waals surface area contributed by atoms with Crippen LogP contribution >= 0.6 is 11.8 Å². The van der Waals surface area contributed by atoms with E-state index in [-0.39, 0.29) is 11.8 Å². The molecular weight excluding hydrogens is 386 g/mol. The molecule has 3 heterocycles. The van der Waals surface area contributed by atoms with Gasteiger partial charge in [0.05, 0.1) is 18.2 Å². The largest absolute Gasteiger partial charge is 0.377 e. The van der Waals surface area contributed by atoms with Gasteiger partial charge in [0, 0.05) is 56.5 Å². The smallest absolute Gasteiger partial charge is 0.255 e. The normalized spacial score (nSPS) is 23.0. The molecule has 0 saturated carbocycles. The van der Waals surface area contributed by atoms with Gasteiger partial charge in [-0.1, -0.05) is 12.1 Å². The van der Waals surface area contributed by atoms with Crippen LogP contribution in [0.25, 0.3) is 0 Å². The summed E-state index contributed by atoms with van der Waals surface area (Å²) in [5, 5.41) is 0. The van der Waals surface area contributed by atoms with E-state index in [4.69, 9.17) is 4.74 Å². The van der Waals surface area contributed by atoms with Crippen molar-refractivity contribution in [3.8, 4) is 0 Å². The number of likely N-dealkylation sites (tertiary alicyclic amines) is 1. The van der Waals surface area contributed by atoms with E-state index in [0.717, 1.165) is 74.7 Å². The summed E-state index contributed by atoms with van der Waals surface area (Å²) >= 11 is 1.73. The van der Waals surface area contributed by atoms with E-state index in [1.165, 1.54) is 0 Å². The summed E-state index contributed by atoms with van der Waals surface area (Å²) in [4.78, 5) is 32.6. The van der Waals surface area contributed by atoms with E-state index >= 15 is 0 Å². The standard InChI is InChI=1S/C22H31N3O3S/c26-21(24-9-3-4-10-24)16-23-11-13-25(14-12-23)22(27)19-7-1-2-8-20(19)29-17-18-6-5-15-28-18/h1-2,7-8,18H,3-6,9-17H2. The van der Waals surface area contributed by atoms with Gasteiger partial charge in [0.25, 0.3) is 5.91 Å². The zero-order chi connectivity index (χ0) is 20.1. The van der Waals surface area contributed by atoms with Crippen molar-refractivity contribution in [3.05, 3.63) is 29.8 Å². The summed E-state index contributed by atoms with van der Waals surface area (Å²) in [7, 11) is 0. The van der Waals surface area contributed by atoms with Gasteiger partial charge in [-0.05, 0) is 37.8 Å². The Labute approximate surface area is 177 Å². The number of ether oxygens (including phenoxy) is 1. The summed E-state index contributed by atoms with van der Waals surface area (Å²) in [6, 6.07) is 7.91. The molecule has 3 aliphatic rings. The number of carbonyl (C=O) groups is 2. The minimum atomic E-state index is 0.103. The fraction of sp³-hybridized carbons (Fsp3) is 0.636. The summed E-state index contributed by atoms with van der Waals surface area (Å²) in [6.45, 7) is 6.02. The fourth-order valence-electron chi connectivity index (χ4n) is 4.26. The quantitative estimate of drug-likeness (QED) is 0.665. The topological polar surface area (TPSA) is 53.1 Å². The Morgan fingerprint density at radius 1 is 0.966 bits per heavy atom. The van der Waals surface area contributed by atoms with Crippen molar-refractivity contribution in [2.45, 2.75) is 36.7 Å². The predicted octanol–water partition coefficient (Wildman–Crippen LogP) is 2.34. The van der Waals surface area contributed by atoms with E-state index in [2.05, 4.69) is 4.90 Å². The van der Waals surface area contributed by atoms with Gasteiger partial charge in [-0.25, -0.2) is 0 Å². The molecule has 1 aromatic carbocycles. The summed E-state index contributed by atoms with van der Waals surface area (Å²) < 4.78 is 5.72. The van der Waals surface area contributed by atoms with Crippen molar-refractivity contribution in [1.82, 2.24) is 14.7 Å². The SMILES string of the molecule is O=C(CN1CCN(C(=O)c2ccccc2SCC2CCCO2)CC1)N1CCCC1. The Morgan fingerprint density at radius 3 is 2.45 bits per heavy atom. The minimum absolute atomic E-state index is 0.103. The van der Waals surface area contributed by atoms with Gasteiger partial charge in [0.15, 0.2) is 0 Å². The Balaban J connectivity index is 1.29. The molecule has 3 aliphatic heterocycles. The third kappa shape index (κ3) is 5.32. The lowest BCUT2D eigenvalue weighted by molar-refractivity contribution is -0.131. The van der Waals surface area contributed by atoms with Crippen LogP contribution in [0.5, 0.6) is 0 Å². The zero-order valence-corrected chi connectivity index (χ0v) is 17.9. The predicted molar refractivity (Wildman–Crippen MR) is 114 cm³/mol. The molecule has 7 heteroatoms. The second-order valence-corrected chi connectivity index (χ2v) is 9.16. The van der Waals surface area contributed by atoms with Crippen molar-refractivity contribution in [2.75, 3.05) is 58.2 Å². The van der Waals surface area contributed by atoms with Gasteiger partial charge >= 0.3 is 0 Å². The third-order valence-electron chi connectivity index (χ3n) is 6.04. The first-order valence-corrected chi connectivity index (χ1v) is 11.8. The van der Waals surface area contributed by atoms with Crippen LogP contribution in [0.1, 0.15) is 36.0 Å². The van der Waals surface area contributed by atoms with Crippen molar-refractivity contribution < 1.29 is 14.3 Å². The first kappa shape index (κ1) is 20.7. The molecule has 6 nitrogen and oxygen atoms in total. The van der Waals surface area contributed by atoms with E-state index in [9.17, 15) is 9.59 Å². The highest BCUT2D eigenvalue weighted by Gasteiger charge is 2.27. The lowest BCUT2D eigenvalue weighted by atomic mass is 10.2. The number of hydrogen-bond acceptors (Lipinski definition) is 5. The number of amides is 2. The van der Waals surface area contributed by atoms with Crippen LogP contribution in [0.15, 0.2) is 29.2 Å². The Bertz CT molecular complexity index is 709. The lowest BCUT2D eigenvalue weighted by Crippen LogP contribution is -2.51. The maximum Gasteiger partial charge on any atom is 0.255 e. The maximum absolute atomic E-state index is 13.1. The van der Waals surface area contributed by atoms with Crippen LogP contribution in [0.3, 0.4) is 0 Å².